The first-order valence-corrected chi connectivity index (χ1v) is 11.5. The number of sulfone groups is 1. The zero-order valence-corrected chi connectivity index (χ0v) is 17.9. The van der Waals surface area contributed by atoms with E-state index in [1.165, 1.54) is 12.1 Å². The van der Waals surface area contributed by atoms with Crippen molar-refractivity contribution in [1.82, 2.24) is 0 Å². The third kappa shape index (κ3) is 6.23. The lowest BCUT2D eigenvalue weighted by Gasteiger charge is -2.10. The quantitative estimate of drug-likeness (QED) is 0.314. The molecule has 5 nitrogen and oxygen atoms in total. The second kappa shape index (κ2) is 11.0. The van der Waals surface area contributed by atoms with Gasteiger partial charge in [0, 0.05) is 5.88 Å². The van der Waals surface area contributed by atoms with Crippen molar-refractivity contribution in [2.75, 3.05) is 25.7 Å². The number of hydrogen-bond acceptors (Lipinski definition) is 5. The highest BCUT2D eigenvalue weighted by atomic mass is 35.5. The fourth-order valence-electron chi connectivity index (χ4n) is 2.68. The Morgan fingerprint density at radius 2 is 1.23 bits per heavy atom. The van der Waals surface area contributed by atoms with Crippen LogP contribution in [0, 0.1) is 0 Å². The Morgan fingerprint density at radius 3 is 1.80 bits per heavy atom. The van der Waals surface area contributed by atoms with E-state index < -0.39 is 9.84 Å². The van der Waals surface area contributed by atoms with Crippen LogP contribution in [0.4, 0.5) is 0 Å². The molecule has 0 aromatic heterocycles. The number of halogens is 1. The van der Waals surface area contributed by atoms with Gasteiger partial charge in [0.2, 0.25) is 9.84 Å². The summed E-state index contributed by atoms with van der Waals surface area (Å²) in [6, 6.07) is 22.5. The minimum atomic E-state index is -3.62. The lowest BCUT2D eigenvalue weighted by Crippen LogP contribution is -2.08. The zero-order valence-electron chi connectivity index (χ0n) is 16.4. The molecule has 3 aromatic rings. The molecule has 0 unspecified atom stereocenters. The van der Waals surface area contributed by atoms with E-state index in [0.29, 0.717) is 43.8 Å². The Bertz CT molecular complexity index is 1000. The maximum Gasteiger partial charge on any atom is 0.206 e. The smallest absolute Gasteiger partial charge is 0.206 e. The monoisotopic (exact) mass is 446 g/mol. The Hall–Kier alpha value is -2.54. The first kappa shape index (κ1) is 22.2. The predicted octanol–water partition coefficient (Wildman–Crippen LogP) is 4.73. The number of alkyl halides is 1. The van der Waals surface area contributed by atoms with Crippen molar-refractivity contribution in [3.05, 3.63) is 84.4 Å². The summed E-state index contributed by atoms with van der Waals surface area (Å²) in [5, 5.41) is 0. The lowest BCUT2D eigenvalue weighted by atomic mass is 10.2. The van der Waals surface area contributed by atoms with Gasteiger partial charge in [0.1, 0.15) is 24.7 Å². The number of hydrogen-bond donors (Lipinski definition) is 0. The summed E-state index contributed by atoms with van der Waals surface area (Å²) in [5.74, 6) is 1.62. The molecule has 0 atom stereocenters. The molecule has 7 heteroatoms. The van der Waals surface area contributed by atoms with Crippen LogP contribution in [0.5, 0.6) is 11.5 Å². The van der Waals surface area contributed by atoms with Gasteiger partial charge in [-0.1, -0.05) is 30.3 Å². The Balaban J connectivity index is 1.59. The molecule has 0 saturated heterocycles. The molecule has 0 N–H and O–H groups in total. The number of ether oxygens (including phenoxy) is 3. The van der Waals surface area contributed by atoms with Crippen molar-refractivity contribution in [1.29, 1.82) is 0 Å². The molecule has 0 amide bonds. The van der Waals surface area contributed by atoms with E-state index in [1.807, 2.05) is 30.3 Å². The molecule has 0 aliphatic heterocycles. The molecule has 0 fully saturated rings. The fraction of sp³-hybridized carbons (Fsp3) is 0.217. The van der Waals surface area contributed by atoms with Crippen LogP contribution in [0.2, 0.25) is 0 Å². The van der Waals surface area contributed by atoms with Crippen molar-refractivity contribution < 1.29 is 22.6 Å². The van der Waals surface area contributed by atoms with Crippen molar-refractivity contribution in [2.24, 2.45) is 0 Å². The lowest BCUT2D eigenvalue weighted by molar-refractivity contribution is 0.111. The first-order chi connectivity index (χ1) is 14.6. The summed E-state index contributed by atoms with van der Waals surface area (Å²) in [7, 11) is -3.62. The third-order valence-corrected chi connectivity index (χ3v) is 6.17. The van der Waals surface area contributed by atoms with Crippen LogP contribution in [0.1, 0.15) is 5.56 Å². The molecule has 0 spiro atoms. The summed E-state index contributed by atoms with van der Waals surface area (Å²) < 4.78 is 42.2. The van der Waals surface area contributed by atoms with Gasteiger partial charge < -0.3 is 14.2 Å². The minimum Gasteiger partial charge on any atom is -0.491 e. The van der Waals surface area contributed by atoms with Gasteiger partial charge in [0.15, 0.2) is 0 Å². The van der Waals surface area contributed by atoms with Gasteiger partial charge in [-0.2, -0.15) is 0 Å². The van der Waals surface area contributed by atoms with Crippen LogP contribution in [0.25, 0.3) is 0 Å². The molecule has 158 valence electrons. The van der Waals surface area contributed by atoms with Gasteiger partial charge in [-0.15, -0.1) is 11.6 Å². The van der Waals surface area contributed by atoms with E-state index in [4.69, 9.17) is 25.8 Å². The Kier molecular flexibility index (Phi) is 8.13. The maximum atomic E-state index is 12.9. The summed E-state index contributed by atoms with van der Waals surface area (Å²) in [6.07, 6.45) is 0. The van der Waals surface area contributed by atoms with E-state index >= 15 is 0 Å². The summed E-state index contributed by atoms with van der Waals surface area (Å²) in [4.78, 5) is 0.406. The van der Waals surface area contributed by atoms with Crippen LogP contribution in [-0.2, 0) is 21.2 Å². The van der Waals surface area contributed by atoms with Crippen LogP contribution >= 0.6 is 11.6 Å². The normalized spacial score (nSPS) is 11.2. The van der Waals surface area contributed by atoms with Gasteiger partial charge in [-0.25, -0.2) is 8.42 Å². The number of rotatable bonds is 11. The van der Waals surface area contributed by atoms with E-state index in [-0.39, 0.29) is 9.79 Å². The first-order valence-electron chi connectivity index (χ1n) is 9.48. The maximum absolute atomic E-state index is 12.9. The summed E-state index contributed by atoms with van der Waals surface area (Å²) in [5.41, 5.74) is 1.04. The van der Waals surface area contributed by atoms with Crippen molar-refractivity contribution >= 4 is 21.4 Å². The summed E-state index contributed by atoms with van der Waals surface area (Å²) in [6.45, 7) is 1.68. The van der Waals surface area contributed by atoms with Gasteiger partial charge in [-0.3, -0.25) is 0 Å². The minimum absolute atomic E-state index is 0.200. The molecule has 0 aliphatic carbocycles. The highest BCUT2D eigenvalue weighted by Gasteiger charge is 2.17. The Labute approximate surface area is 182 Å². The average Bonchev–Trinajstić information content (AvgIpc) is 2.79. The Morgan fingerprint density at radius 1 is 0.667 bits per heavy atom. The summed E-state index contributed by atoms with van der Waals surface area (Å²) >= 11 is 5.53. The molecule has 0 bridgehead atoms. The van der Waals surface area contributed by atoms with Gasteiger partial charge in [0.25, 0.3) is 0 Å². The van der Waals surface area contributed by atoms with E-state index in [2.05, 4.69) is 0 Å². The molecule has 3 aromatic carbocycles. The van der Waals surface area contributed by atoms with Crippen molar-refractivity contribution in [2.45, 2.75) is 16.4 Å². The van der Waals surface area contributed by atoms with E-state index in [0.717, 1.165) is 5.56 Å². The molecular formula is C23H23ClO5S. The van der Waals surface area contributed by atoms with E-state index in [1.54, 1.807) is 36.4 Å². The fourth-order valence-corrected chi connectivity index (χ4v) is 4.05. The molecule has 0 aliphatic rings. The molecule has 0 radical (unpaired) electrons. The van der Waals surface area contributed by atoms with E-state index in [9.17, 15) is 8.42 Å². The van der Waals surface area contributed by atoms with Crippen molar-refractivity contribution in [3.8, 4) is 11.5 Å². The van der Waals surface area contributed by atoms with Gasteiger partial charge >= 0.3 is 0 Å². The highest BCUT2D eigenvalue weighted by Crippen LogP contribution is 2.25. The van der Waals surface area contributed by atoms with Crippen LogP contribution < -0.4 is 9.47 Å². The van der Waals surface area contributed by atoms with Crippen LogP contribution in [0.3, 0.4) is 0 Å². The average molecular weight is 447 g/mol. The number of benzene rings is 3. The molecule has 30 heavy (non-hydrogen) atoms. The highest BCUT2D eigenvalue weighted by molar-refractivity contribution is 7.91. The standard InChI is InChI=1S/C23H23ClO5S/c24-14-15-27-16-17-28-20-6-10-22(11-7-20)30(25,26)23-12-8-21(9-13-23)29-18-19-4-2-1-3-5-19/h1-13H,14-18H2. The molecule has 0 saturated carbocycles. The SMILES string of the molecule is O=S(=O)(c1ccc(OCCOCCCl)cc1)c1ccc(OCc2ccccc2)cc1. The molecular weight excluding hydrogens is 424 g/mol. The van der Waals surface area contributed by atoms with Crippen LogP contribution in [-0.4, -0.2) is 34.1 Å². The van der Waals surface area contributed by atoms with Crippen molar-refractivity contribution in [3.63, 3.8) is 0 Å². The zero-order chi connectivity index (χ0) is 21.2. The third-order valence-electron chi connectivity index (χ3n) is 4.23. The molecule has 3 rings (SSSR count). The largest absolute Gasteiger partial charge is 0.491 e. The second-order valence-electron chi connectivity index (χ2n) is 6.37. The van der Waals surface area contributed by atoms with Gasteiger partial charge in [0.05, 0.1) is 23.0 Å². The van der Waals surface area contributed by atoms with Gasteiger partial charge in [-0.05, 0) is 54.1 Å². The predicted molar refractivity (Wildman–Crippen MR) is 116 cm³/mol. The topological polar surface area (TPSA) is 61.8 Å². The second-order valence-corrected chi connectivity index (χ2v) is 8.70. The molecule has 0 heterocycles. The van der Waals surface area contributed by atoms with Crippen LogP contribution in [0.15, 0.2) is 88.7 Å².